The lowest BCUT2D eigenvalue weighted by Gasteiger charge is -2.15. The average Bonchev–Trinajstić information content (AvgIpc) is 2.39. The summed E-state index contributed by atoms with van der Waals surface area (Å²) < 4.78 is 13.6. The van der Waals surface area contributed by atoms with Crippen LogP contribution in [0, 0.1) is 15.9 Å². The van der Waals surface area contributed by atoms with Gasteiger partial charge in [-0.3, -0.25) is 10.1 Å². The summed E-state index contributed by atoms with van der Waals surface area (Å²) in [6, 6.07) is 9.00. The molecule has 1 atom stereocenters. The Balaban J connectivity index is 2.13. The largest absolute Gasteiger partial charge is 0.363 e. The maximum Gasteiger partial charge on any atom is 0.287 e. The van der Waals surface area contributed by atoms with E-state index in [0.29, 0.717) is 11.4 Å². The van der Waals surface area contributed by atoms with Crippen molar-refractivity contribution < 1.29 is 9.31 Å². The van der Waals surface area contributed by atoms with E-state index in [0.717, 1.165) is 6.20 Å². The zero-order valence-electron chi connectivity index (χ0n) is 10.2. The van der Waals surface area contributed by atoms with Gasteiger partial charge < -0.3 is 5.32 Å². The van der Waals surface area contributed by atoms with Crippen LogP contribution in [0.1, 0.15) is 18.5 Å². The van der Waals surface area contributed by atoms with Crippen molar-refractivity contribution in [3.63, 3.8) is 0 Å². The van der Waals surface area contributed by atoms with Gasteiger partial charge in [-0.1, -0.05) is 18.2 Å². The normalized spacial score (nSPS) is 11.9. The number of rotatable bonds is 4. The predicted molar refractivity (Wildman–Crippen MR) is 69.3 cm³/mol. The van der Waals surface area contributed by atoms with Crippen LogP contribution in [-0.4, -0.2) is 9.91 Å². The van der Waals surface area contributed by atoms with Gasteiger partial charge in [0.05, 0.1) is 11.0 Å². The Morgan fingerprint density at radius 1 is 1.32 bits per heavy atom. The fourth-order valence-electron chi connectivity index (χ4n) is 1.71. The molecule has 6 heteroatoms. The summed E-state index contributed by atoms with van der Waals surface area (Å²) in [6.45, 7) is 1.79. The molecule has 5 nitrogen and oxygen atoms in total. The maximum atomic E-state index is 13.6. The fourth-order valence-corrected chi connectivity index (χ4v) is 1.71. The number of hydrogen-bond acceptors (Lipinski definition) is 4. The second kappa shape index (κ2) is 5.43. The summed E-state index contributed by atoms with van der Waals surface area (Å²) in [6.07, 6.45) is 1.16. The van der Waals surface area contributed by atoms with Crippen molar-refractivity contribution in [3.8, 4) is 0 Å². The van der Waals surface area contributed by atoms with Crippen LogP contribution in [0.3, 0.4) is 0 Å². The molecule has 0 aliphatic rings. The molecule has 1 heterocycles. The van der Waals surface area contributed by atoms with Crippen LogP contribution in [0.25, 0.3) is 0 Å². The molecule has 1 N–H and O–H groups in total. The predicted octanol–water partition coefficient (Wildman–Crippen LogP) is 3.30. The molecule has 0 saturated carbocycles. The van der Waals surface area contributed by atoms with Crippen molar-refractivity contribution in [3.05, 3.63) is 64.1 Å². The number of hydrogen-bond donors (Lipinski definition) is 1. The van der Waals surface area contributed by atoms with E-state index in [-0.39, 0.29) is 17.5 Å². The number of nitrogens with one attached hydrogen (secondary N) is 1. The van der Waals surface area contributed by atoms with E-state index in [1.54, 1.807) is 25.1 Å². The maximum absolute atomic E-state index is 13.6. The molecule has 0 radical (unpaired) electrons. The van der Waals surface area contributed by atoms with E-state index in [1.165, 1.54) is 18.2 Å². The second-order valence-electron chi connectivity index (χ2n) is 4.05. The molecule has 0 amide bonds. The van der Waals surface area contributed by atoms with E-state index >= 15 is 0 Å². The summed E-state index contributed by atoms with van der Waals surface area (Å²) >= 11 is 0. The molecule has 0 aliphatic heterocycles. The Morgan fingerprint density at radius 3 is 2.63 bits per heavy atom. The minimum atomic E-state index is -0.517. The molecule has 0 bridgehead atoms. The highest BCUT2D eigenvalue weighted by molar-refractivity contribution is 5.42. The average molecular weight is 261 g/mol. The quantitative estimate of drug-likeness (QED) is 0.677. The third-order valence-electron chi connectivity index (χ3n) is 2.69. The molecular weight excluding hydrogens is 249 g/mol. The Labute approximate surface area is 109 Å². The lowest BCUT2D eigenvalue weighted by molar-refractivity contribution is -0.385. The van der Waals surface area contributed by atoms with Crippen LogP contribution >= 0.6 is 0 Å². The van der Waals surface area contributed by atoms with Crippen molar-refractivity contribution >= 4 is 11.5 Å². The molecule has 1 aromatic heterocycles. The molecule has 19 heavy (non-hydrogen) atoms. The molecule has 0 saturated heterocycles. The summed E-state index contributed by atoms with van der Waals surface area (Å²) in [5.41, 5.74) is 0.437. The first-order valence-electron chi connectivity index (χ1n) is 5.69. The van der Waals surface area contributed by atoms with Gasteiger partial charge in [-0.2, -0.15) is 0 Å². The first-order chi connectivity index (χ1) is 9.08. The highest BCUT2D eigenvalue weighted by Crippen LogP contribution is 2.21. The second-order valence-corrected chi connectivity index (χ2v) is 4.05. The molecule has 98 valence electrons. The molecule has 2 rings (SSSR count). The number of aromatic nitrogens is 1. The smallest absolute Gasteiger partial charge is 0.287 e. The van der Waals surface area contributed by atoms with Crippen LogP contribution in [0.15, 0.2) is 42.6 Å². The van der Waals surface area contributed by atoms with Gasteiger partial charge in [0.25, 0.3) is 5.69 Å². The van der Waals surface area contributed by atoms with Gasteiger partial charge in [0.1, 0.15) is 17.8 Å². The van der Waals surface area contributed by atoms with Crippen molar-refractivity contribution in [1.82, 2.24) is 4.98 Å². The number of anilines is 1. The molecule has 1 aromatic carbocycles. The summed E-state index contributed by atoms with van der Waals surface area (Å²) in [4.78, 5) is 13.9. The third-order valence-corrected chi connectivity index (χ3v) is 2.69. The zero-order valence-corrected chi connectivity index (χ0v) is 10.2. The van der Waals surface area contributed by atoms with Crippen LogP contribution in [-0.2, 0) is 0 Å². The first kappa shape index (κ1) is 12.9. The summed E-state index contributed by atoms with van der Waals surface area (Å²) in [5.74, 6) is 0.158. The van der Waals surface area contributed by atoms with Crippen molar-refractivity contribution in [2.75, 3.05) is 5.32 Å². The molecule has 1 unspecified atom stereocenters. The monoisotopic (exact) mass is 261 g/mol. The SMILES string of the molecule is CC(Nc1ccc([N+](=O)[O-])cn1)c1ccccc1F. The molecular formula is C13H12FN3O2. The van der Waals surface area contributed by atoms with Gasteiger partial charge in [0.15, 0.2) is 0 Å². The van der Waals surface area contributed by atoms with Crippen molar-refractivity contribution in [2.45, 2.75) is 13.0 Å². The lowest BCUT2D eigenvalue weighted by Crippen LogP contribution is -2.09. The first-order valence-corrected chi connectivity index (χ1v) is 5.69. The number of halogens is 1. The van der Waals surface area contributed by atoms with Gasteiger partial charge in [0, 0.05) is 11.6 Å². The zero-order chi connectivity index (χ0) is 13.8. The third kappa shape index (κ3) is 3.04. The Bertz CT molecular complexity index is 587. The Kier molecular flexibility index (Phi) is 3.70. The van der Waals surface area contributed by atoms with E-state index in [2.05, 4.69) is 10.3 Å². The number of nitro groups is 1. The molecule has 2 aromatic rings. The highest BCUT2D eigenvalue weighted by atomic mass is 19.1. The van der Waals surface area contributed by atoms with E-state index in [9.17, 15) is 14.5 Å². The van der Waals surface area contributed by atoms with Crippen LogP contribution in [0.5, 0.6) is 0 Å². The van der Waals surface area contributed by atoms with Crippen LogP contribution in [0.4, 0.5) is 15.9 Å². The molecule has 0 fully saturated rings. The summed E-state index contributed by atoms with van der Waals surface area (Å²) in [7, 11) is 0. The Morgan fingerprint density at radius 2 is 2.05 bits per heavy atom. The highest BCUT2D eigenvalue weighted by Gasteiger charge is 2.11. The van der Waals surface area contributed by atoms with Crippen molar-refractivity contribution in [2.24, 2.45) is 0 Å². The fraction of sp³-hybridized carbons (Fsp3) is 0.154. The number of pyridine rings is 1. The van der Waals surface area contributed by atoms with Gasteiger partial charge in [0.2, 0.25) is 0 Å². The summed E-state index contributed by atoms with van der Waals surface area (Å²) in [5, 5.41) is 13.5. The number of benzene rings is 1. The van der Waals surface area contributed by atoms with Gasteiger partial charge in [-0.05, 0) is 19.1 Å². The minimum absolute atomic E-state index is 0.0795. The Hall–Kier alpha value is -2.50. The minimum Gasteiger partial charge on any atom is -0.363 e. The molecule has 0 spiro atoms. The number of nitrogens with zero attached hydrogens (tertiary/aromatic N) is 2. The lowest BCUT2D eigenvalue weighted by atomic mass is 10.1. The van der Waals surface area contributed by atoms with E-state index < -0.39 is 4.92 Å². The molecule has 0 aliphatic carbocycles. The standard InChI is InChI=1S/C13H12FN3O2/c1-9(11-4-2-3-5-12(11)14)16-13-7-6-10(8-15-13)17(18)19/h2-9H,1H3,(H,15,16). The van der Waals surface area contributed by atoms with Crippen molar-refractivity contribution in [1.29, 1.82) is 0 Å². The topological polar surface area (TPSA) is 68.1 Å². The van der Waals surface area contributed by atoms with E-state index in [4.69, 9.17) is 0 Å². The van der Waals surface area contributed by atoms with Crippen LogP contribution in [0.2, 0.25) is 0 Å². The van der Waals surface area contributed by atoms with Crippen LogP contribution < -0.4 is 5.32 Å². The van der Waals surface area contributed by atoms with Gasteiger partial charge in [-0.15, -0.1) is 0 Å². The van der Waals surface area contributed by atoms with Gasteiger partial charge in [-0.25, -0.2) is 9.37 Å². The van der Waals surface area contributed by atoms with E-state index in [1.807, 2.05) is 0 Å². The van der Waals surface area contributed by atoms with Gasteiger partial charge >= 0.3 is 0 Å².